The number of furan rings is 1. The molecule has 0 saturated heterocycles. The van der Waals surface area contributed by atoms with E-state index in [2.05, 4.69) is 27.6 Å². The minimum atomic E-state index is 0.610. The number of hydrogen-bond donors (Lipinski definition) is 1. The fourth-order valence-electron chi connectivity index (χ4n) is 3.60. The SMILES string of the molecule is CO/N=C(\c1ccccc1)c1cccc(Nc2c3ccccc3nc3occc23)c1. The van der Waals surface area contributed by atoms with E-state index in [9.17, 15) is 0 Å². The number of nitrogens with zero attached hydrogens (tertiary/aromatic N) is 2. The van der Waals surface area contributed by atoms with Crippen molar-refractivity contribution in [3.8, 4) is 0 Å². The highest BCUT2D eigenvalue weighted by molar-refractivity contribution is 6.13. The maximum Gasteiger partial charge on any atom is 0.228 e. The zero-order valence-electron chi connectivity index (χ0n) is 16.4. The lowest BCUT2D eigenvalue weighted by atomic mass is 10.0. The topological polar surface area (TPSA) is 59.6 Å². The predicted octanol–water partition coefficient (Wildman–Crippen LogP) is 6.12. The van der Waals surface area contributed by atoms with Crippen LogP contribution in [0.2, 0.25) is 0 Å². The first-order valence-electron chi connectivity index (χ1n) is 9.63. The summed E-state index contributed by atoms with van der Waals surface area (Å²) in [6, 6.07) is 28.1. The lowest BCUT2D eigenvalue weighted by Gasteiger charge is -2.13. The monoisotopic (exact) mass is 393 g/mol. The van der Waals surface area contributed by atoms with Crippen molar-refractivity contribution < 1.29 is 9.25 Å². The van der Waals surface area contributed by atoms with E-state index in [0.717, 1.165) is 44.5 Å². The van der Waals surface area contributed by atoms with Gasteiger partial charge in [-0.05, 0) is 24.3 Å². The standard InChI is InChI=1S/C25H19N3O2/c1-29-28-23(17-8-3-2-4-9-17)18-10-7-11-19(16-18)26-24-20-12-5-6-13-22(20)27-25-21(24)14-15-30-25/h2-16H,1H3,(H,26,27)/b28-23+. The molecule has 0 amide bonds. The number of anilines is 2. The van der Waals surface area contributed by atoms with E-state index < -0.39 is 0 Å². The van der Waals surface area contributed by atoms with Crippen LogP contribution in [0.3, 0.4) is 0 Å². The van der Waals surface area contributed by atoms with Crippen molar-refractivity contribution in [2.24, 2.45) is 5.16 Å². The molecule has 5 nitrogen and oxygen atoms in total. The van der Waals surface area contributed by atoms with Crippen LogP contribution in [-0.4, -0.2) is 17.8 Å². The van der Waals surface area contributed by atoms with Crippen LogP contribution in [0, 0.1) is 0 Å². The molecule has 5 heteroatoms. The third-order valence-corrected chi connectivity index (χ3v) is 4.94. The van der Waals surface area contributed by atoms with Crippen LogP contribution < -0.4 is 5.32 Å². The van der Waals surface area contributed by atoms with Gasteiger partial charge in [-0.1, -0.05) is 65.8 Å². The van der Waals surface area contributed by atoms with Gasteiger partial charge in [0.25, 0.3) is 0 Å². The number of oxime groups is 1. The Labute approximate surface area is 173 Å². The zero-order valence-corrected chi connectivity index (χ0v) is 16.4. The highest BCUT2D eigenvalue weighted by atomic mass is 16.6. The molecule has 2 heterocycles. The first-order chi connectivity index (χ1) is 14.8. The molecule has 0 unspecified atom stereocenters. The van der Waals surface area contributed by atoms with Gasteiger partial charge in [-0.2, -0.15) is 0 Å². The molecule has 1 N–H and O–H groups in total. The lowest BCUT2D eigenvalue weighted by Crippen LogP contribution is -2.04. The summed E-state index contributed by atoms with van der Waals surface area (Å²) in [4.78, 5) is 9.73. The van der Waals surface area contributed by atoms with Crippen LogP contribution in [0.15, 0.2) is 101 Å². The van der Waals surface area contributed by atoms with E-state index in [0.29, 0.717) is 5.71 Å². The molecule has 0 fully saturated rings. The molecule has 30 heavy (non-hydrogen) atoms. The smallest absolute Gasteiger partial charge is 0.228 e. The van der Waals surface area contributed by atoms with E-state index in [4.69, 9.17) is 9.25 Å². The molecule has 146 valence electrons. The van der Waals surface area contributed by atoms with Crippen LogP contribution in [0.1, 0.15) is 11.1 Å². The molecule has 0 atom stereocenters. The van der Waals surface area contributed by atoms with Gasteiger partial charge in [0, 0.05) is 22.2 Å². The molecule has 0 aliphatic carbocycles. The highest BCUT2D eigenvalue weighted by Crippen LogP contribution is 2.33. The molecule has 0 saturated carbocycles. The van der Waals surface area contributed by atoms with Crippen LogP contribution >= 0.6 is 0 Å². The Morgan fingerprint density at radius 1 is 0.867 bits per heavy atom. The third kappa shape index (κ3) is 3.26. The van der Waals surface area contributed by atoms with Crippen molar-refractivity contribution in [2.75, 3.05) is 12.4 Å². The molecule has 0 aliphatic rings. The third-order valence-electron chi connectivity index (χ3n) is 4.94. The largest absolute Gasteiger partial charge is 0.446 e. The Kier molecular flexibility index (Phi) is 4.62. The van der Waals surface area contributed by atoms with Gasteiger partial charge in [-0.25, -0.2) is 4.98 Å². The van der Waals surface area contributed by atoms with Gasteiger partial charge in [-0.3, -0.25) is 0 Å². The molecule has 0 bridgehead atoms. The predicted molar refractivity (Wildman–Crippen MR) is 120 cm³/mol. The fourth-order valence-corrected chi connectivity index (χ4v) is 3.60. The quantitative estimate of drug-likeness (QED) is 0.288. The Morgan fingerprint density at radius 2 is 1.67 bits per heavy atom. The molecular weight excluding hydrogens is 374 g/mol. The number of para-hydroxylation sites is 1. The summed E-state index contributed by atoms with van der Waals surface area (Å²) >= 11 is 0. The number of fused-ring (bicyclic) bond motifs is 2. The second-order valence-electron chi connectivity index (χ2n) is 6.84. The molecule has 0 aliphatic heterocycles. The molecular formula is C25H19N3O2. The molecule has 5 rings (SSSR count). The van der Waals surface area contributed by atoms with Crippen molar-refractivity contribution in [2.45, 2.75) is 0 Å². The van der Waals surface area contributed by atoms with E-state index in [1.54, 1.807) is 13.4 Å². The van der Waals surface area contributed by atoms with Gasteiger partial charge in [0.15, 0.2) is 0 Å². The molecule has 0 radical (unpaired) electrons. The normalized spacial score (nSPS) is 11.7. The second kappa shape index (κ2) is 7.72. The molecule has 3 aromatic carbocycles. The molecule has 2 aromatic heterocycles. The average molecular weight is 393 g/mol. The van der Waals surface area contributed by atoms with Crippen molar-refractivity contribution >= 4 is 39.1 Å². The summed E-state index contributed by atoms with van der Waals surface area (Å²) < 4.78 is 5.57. The minimum Gasteiger partial charge on any atom is -0.446 e. The van der Waals surface area contributed by atoms with Gasteiger partial charge < -0.3 is 14.6 Å². The van der Waals surface area contributed by atoms with Crippen LogP contribution in [0.4, 0.5) is 11.4 Å². The maximum absolute atomic E-state index is 5.57. The first-order valence-corrected chi connectivity index (χ1v) is 9.63. The number of hydrogen-bond acceptors (Lipinski definition) is 5. The minimum absolute atomic E-state index is 0.610. The van der Waals surface area contributed by atoms with E-state index in [1.165, 1.54) is 0 Å². The number of nitrogens with one attached hydrogen (secondary N) is 1. The van der Waals surface area contributed by atoms with E-state index >= 15 is 0 Å². The van der Waals surface area contributed by atoms with Gasteiger partial charge in [0.05, 0.1) is 22.9 Å². The van der Waals surface area contributed by atoms with E-state index in [-0.39, 0.29) is 0 Å². The van der Waals surface area contributed by atoms with Crippen molar-refractivity contribution in [3.63, 3.8) is 0 Å². The Hall–Kier alpha value is -4.12. The van der Waals surface area contributed by atoms with Crippen LogP contribution in [0.25, 0.3) is 22.0 Å². The maximum atomic E-state index is 5.57. The Morgan fingerprint density at radius 3 is 2.53 bits per heavy atom. The fraction of sp³-hybridized carbons (Fsp3) is 0.0400. The molecule has 5 aromatic rings. The number of pyridine rings is 1. The summed E-state index contributed by atoms with van der Waals surface area (Å²) in [6.07, 6.45) is 1.66. The summed E-state index contributed by atoms with van der Waals surface area (Å²) in [5.41, 5.74) is 6.10. The van der Waals surface area contributed by atoms with Gasteiger partial charge >= 0.3 is 0 Å². The number of aromatic nitrogens is 1. The van der Waals surface area contributed by atoms with Gasteiger partial charge in [0.1, 0.15) is 12.8 Å². The Balaban J connectivity index is 1.60. The summed E-state index contributed by atoms with van der Waals surface area (Å²) in [6.45, 7) is 0. The summed E-state index contributed by atoms with van der Waals surface area (Å²) in [5, 5.41) is 9.81. The summed E-state index contributed by atoms with van der Waals surface area (Å²) in [7, 11) is 1.56. The Bertz CT molecular complexity index is 1360. The lowest BCUT2D eigenvalue weighted by molar-refractivity contribution is 0.214. The summed E-state index contributed by atoms with van der Waals surface area (Å²) in [5.74, 6) is 0. The number of rotatable bonds is 5. The highest BCUT2D eigenvalue weighted by Gasteiger charge is 2.13. The second-order valence-corrected chi connectivity index (χ2v) is 6.84. The average Bonchev–Trinajstić information content (AvgIpc) is 3.26. The van der Waals surface area contributed by atoms with E-state index in [1.807, 2.05) is 72.8 Å². The van der Waals surface area contributed by atoms with Crippen molar-refractivity contribution in [1.29, 1.82) is 0 Å². The zero-order chi connectivity index (χ0) is 20.3. The van der Waals surface area contributed by atoms with Crippen LogP contribution in [0.5, 0.6) is 0 Å². The number of benzene rings is 3. The molecule has 0 spiro atoms. The van der Waals surface area contributed by atoms with Crippen molar-refractivity contribution in [3.05, 3.63) is 102 Å². The first kappa shape index (κ1) is 17.9. The van der Waals surface area contributed by atoms with Gasteiger partial charge in [-0.15, -0.1) is 0 Å². The van der Waals surface area contributed by atoms with Crippen molar-refractivity contribution in [1.82, 2.24) is 4.98 Å². The van der Waals surface area contributed by atoms with Gasteiger partial charge in [0.2, 0.25) is 5.71 Å². The van der Waals surface area contributed by atoms with Crippen LogP contribution in [-0.2, 0) is 4.84 Å².